The largest absolute Gasteiger partial charge is 0.497 e. The number of benzene rings is 2. The van der Waals surface area contributed by atoms with Crippen molar-refractivity contribution in [3.05, 3.63) is 48.0 Å². The van der Waals surface area contributed by atoms with Crippen LogP contribution in [0.3, 0.4) is 0 Å². The summed E-state index contributed by atoms with van der Waals surface area (Å²) in [5.41, 5.74) is 2.99. The molecule has 0 bridgehead atoms. The Morgan fingerprint density at radius 1 is 1.00 bits per heavy atom. The lowest BCUT2D eigenvalue weighted by Crippen LogP contribution is -2.19. The van der Waals surface area contributed by atoms with E-state index in [-0.39, 0.29) is 0 Å². The molecule has 0 aliphatic heterocycles. The highest BCUT2D eigenvalue weighted by Gasteiger charge is 2.07. The van der Waals surface area contributed by atoms with Crippen LogP contribution in [0.5, 0.6) is 11.5 Å². The van der Waals surface area contributed by atoms with Gasteiger partial charge < -0.3 is 20.1 Å². The quantitative estimate of drug-likeness (QED) is 0.814. The van der Waals surface area contributed by atoms with Crippen LogP contribution in [-0.2, 0) is 6.42 Å². The van der Waals surface area contributed by atoms with E-state index >= 15 is 0 Å². The van der Waals surface area contributed by atoms with Crippen molar-refractivity contribution in [2.45, 2.75) is 13.3 Å². The zero-order valence-corrected chi connectivity index (χ0v) is 13.8. The minimum atomic E-state index is 0.496. The zero-order chi connectivity index (χ0) is 15.9. The molecule has 2 rings (SSSR count). The molecule has 0 saturated heterocycles. The van der Waals surface area contributed by atoms with Gasteiger partial charge in [0.2, 0.25) is 0 Å². The van der Waals surface area contributed by atoms with Crippen molar-refractivity contribution in [2.75, 3.05) is 24.9 Å². The molecule has 22 heavy (non-hydrogen) atoms. The summed E-state index contributed by atoms with van der Waals surface area (Å²) in [5.74, 6) is 1.43. The Kier molecular flexibility index (Phi) is 5.61. The smallest absolute Gasteiger partial charge is 0.175 e. The van der Waals surface area contributed by atoms with Gasteiger partial charge in [0, 0.05) is 11.8 Å². The van der Waals surface area contributed by atoms with E-state index < -0.39 is 0 Å². The molecule has 0 fully saturated rings. The fourth-order valence-corrected chi connectivity index (χ4v) is 2.25. The van der Waals surface area contributed by atoms with E-state index in [4.69, 9.17) is 21.7 Å². The minimum absolute atomic E-state index is 0.496. The number of hydrogen-bond acceptors (Lipinski definition) is 3. The van der Waals surface area contributed by atoms with Crippen molar-refractivity contribution in [1.29, 1.82) is 0 Å². The van der Waals surface area contributed by atoms with Crippen LogP contribution in [-0.4, -0.2) is 19.3 Å². The Balaban J connectivity index is 2.07. The number of ether oxygens (including phenoxy) is 2. The van der Waals surface area contributed by atoms with Crippen molar-refractivity contribution in [3.63, 3.8) is 0 Å². The monoisotopic (exact) mass is 316 g/mol. The van der Waals surface area contributed by atoms with Gasteiger partial charge in [0.1, 0.15) is 11.5 Å². The summed E-state index contributed by atoms with van der Waals surface area (Å²) < 4.78 is 10.5. The minimum Gasteiger partial charge on any atom is -0.497 e. The van der Waals surface area contributed by atoms with Crippen molar-refractivity contribution in [3.8, 4) is 11.5 Å². The summed E-state index contributed by atoms with van der Waals surface area (Å²) in [5, 5.41) is 6.78. The fraction of sp³-hybridized carbons (Fsp3) is 0.235. The summed E-state index contributed by atoms with van der Waals surface area (Å²) in [6, 6.07) is 13.7. The lowest BCUT2D eigenvalue weighted by atomic mass is 10.1. The first kappa shape index (κ1) is 16.1. The van der Waals surface area contributed by atoms with Gasteiger partial charge in [-0.15, -0.1) is 0 Å². The van der Waals surface area contributed by atoms with Crippen LogP contribution >= 0.6 is 12.2 Å². The number of hydrogen-bond donors (Lipinski definition) is 2. The molecule has 4 nitrogen and oxygen atoms in total. The number of anilines is 2. The van der Waals surface area contributed by atoms with Crippen LogP contribution in [0.4, 0.5) is 11.4 Å². The maximum Gasteiger partial charge on any atom is 0.175 e. The van der Waals surface area contributed by atoms with Crippen molar-refractivity contribution in [2.24, 2.45) is 0 Å². The van der Waals surface area contributed by atoms with Gasteiger partial charge in [0.25, 0.3) is 0 Å². The van der Waals surface area contributed by atoms with Gasteiger partial charge in [-0.3, -0.25) is 0 Å². The molecule has 0 radical (unpaired) electrons. The number of nitrogens with one attached hydrogen (secondary N) is 2. The Bertz CT molecular complexity index is 642. The SMILES string of the molecule is CCc1ccc(NC(=S)Nc2cc(OC)ccc2OC)cc1. The molecular formula is C17H20N2O2S. The molecule has 2 N–H and O–H groups in total. The van der Waals surface area contributed by atoms with Crippen LogP contribution < -0.4 is 20.1 Å². The van der Waals surface area contributed by atoms with Crippen LogP contribution in [0.25, 0.3) is 0 Å². The van der Waals surface area contributed by atoms with Gasteiger partial charge in [-0.1, -0.05) is 19.1 Å². The maximum atomic E-state index is 5.35. The summed E-state index contributed by atoms with van der Waals surface area (Å²) in [6.07, 6.45) is 1.02. The van der Waals surface area contributed by atoms with E-state index in [1.54, 1.807) is 14.2 Å². The highest BCUT2D eigenvalue weighted by Crippen LogP contribution is 2.29. The second-order valence-electron chi connectivity index (χ2n) is 4.70. The number of rotatable bonds is 5. The normalized spacial score (nSPS) is 9.95. The maximum absolute atomic E-state index is 5.35. The molecule has 0 saturated carbocycles. The van der Waals surface area contributed by atoms with Gasteiger partial charge in [-0.2, -0.15) is 0 Å². The topological polar surface area (TPSA) is 42.5 Å². The first-order chi connectivity index (χ1) is 10.7. The molecule has 0 heterocycles. The van der Waals surface area contributed by atoms with E-state index in [0.717, 1.165) is 23.5 Å². The third-order valence-electron chi connectivity index (χ3n) is 3.27. The lowest BCUT2D eigenvalue weighted by molar-refractivity contribution is 0.405. The Morgan fingerprint density at radius 2 is 1.73 bits per heavy atom. The molecule has 0 aliphatic carbocycles. The third-order valence-corrected chi connectivity index (χ3v) is 3.48. The molecule has 5 heteroatoms. The van der Waals surface area contributed by atoms with Crippen LogP contribution in [0, 0.1) is 0 Å². The second-order valence-corrected chi connectivity index (χ2v) is 5.10. The highest BCUT2D eigenvalue weighted by atomic mass is 32.1. The average Bonchev–Trinajstić information content (AvgIpc) is 2.55. The molecule has 0 unspecified atom stereocenters. The van der Waals surface area contributed by atoms with Crippen LogP contribution in [0.2, 0.25) is 0 Å². The summed E-state index contributed by atoms with van der Waals surface area (Å²) in [6.45, 7) is 2.13. The van der Waals surface area contributed by atoms with E-state index in [9.17, 15) is 0 Å². The molecule has 2 aromatic rings. The average molecular weight is 316 g/mol. The van der Waals surface area contributed by atoms with Gasteiger partial charge in [-0.25, -0.2) is 0 Å². The van der Waals surface area contributed by atoms with Gasteiger partial charge in [-0.05, 0) is 48.5 Å². The van der Waals surface area contributed by atoms with E-state index in [2.05, 4.69) is 29.7 Å². The summed E-state index contributed by atoms with van der Waals surface area (Å²) >= 11 is 5.35. The Morgan fingerprint density at radius 3 is 2.32 bits per heavy atom. The van der Waals surface area contributed by atoms with Crippen LogP contribution in [0.1, 0.15) is 12.5 Å². The van der Waals surface area contributed by atoms with Gasteiger partial charge in [0.15, 0.2) is 5.11 Å². The fourth-order valence-electron chi connectivity index (χ4n) is 2.02. The van der Waals surface area contributed by atoms with Crippen molar-refractivity contribution in [1.82, 2.24) is 0 Å². The molecule has 0 aromatic heterocycles. The highest BCUT2D eigenvalue weighted by molar-refractivity contribution is 7.80. The van der Waals surface area contributed by atoms with Gasteiger partial charge >= 0.3 is 0 Å². The van der Waals surface area contributed by atoms with Crippen molar-refractivity contribution < 1.29 is 9.47 Å². The van der Waals surface area contributed by atoms with E-state index in [1.165, 1.54) is 5.56 Å². The van der Waals surface area contributed by atoms with E-state index in [0.29, 0.717) is 10.9 Å². The molecule has 0 aliphatic rings. The van der Waals surface area contributed by atoms with E-state index in [1.807, 2.05) is 30.3 Å². The lowest BCUT2D eigenvalue weighted by Gasteiger charge is -2.14. The number of thiocarbonyl (C=S) groups is 1. The summed E-state index contributed by atoms with van der Waals surface area (Å²) in [7, 11) is 3.24. The zero-order valence-electron chi connectivity index (χ0n) is 13.0. The molecular weight excluding hydrogens is 296 g/mol. The number of aryl methyl sites for hydroxylation is 1. The molecule has 0 spiro atoms. The Hall–Kier alpha value is -2.27. The van der Waals surface area contributed by atoms with Crippen LogP contribution in [0.15, 0.2) is 42.5 Å². The second kappa shape index (κ2) is 7.66. The molecule has 2 aromatic carbocycles. The van der Waals surface area contributed by atoms with Gasteiger partial charge in [0.05, 0.1) is 19.9 Å². The number of methoxy groups -OCH3 is 2. The first-order valence-electron chi connectivity index (χ1n) is 7.05. The molecule has 116 valence electrons. The standard InChI is InChI=1S/C17H20N2O2S/c1-4-12-5-7-13(8-6-12)18-17(22)19-15-11-14(20-2)9-10-16(15)21-3/h5-11H,4H2,1-3H3,(H2,18,19,22). The van der Waals surface area contributed by atoms with Crippen molar-refractivity contribution >= 4 is 28.7 Å². The Labute approximate surface area is 136 Å². The third kappa shape index (κ3) is 4.11. The summed E-state index contributed by atoms with van der Waals surface area (Å²) in [4.78, 5) is 0. The molecule has 0 amide bonds. The first-order valence-corrected chi connectivity index (χ1v) is 7.46. The predicted octanol–water partition coefficient (Wildman–Crippen LogP) is 4.08. The molecule has 0 atom stereocenters. The predicted molar refractivity (Wildman–Crippen MR) is 95.2 cm³/mol.